The van der Waals surface area contributed by atoms with Gasteiger partial charge in [0.15, 0.2) is 0 Å². The number of rotatable bonds is 10. The summed E-state index contributed by atoms with van der Waals surface area (Å²) in [7, 11) is 0. The molecule has 0 aliphatic heterocycles. The average molecular weight is 532 g/mol. The summed E-state index contributed by atoms with van der Waals surface area (Å²) >= 11 is 12.1. The summed E-state index contributed by atoms with van der Waals surface area (Å²) in [4.78, 5) is 33.1. The number of hydrogen-bond donors (Lipinski definition) is 1. The van der Waals surface area contributed by atoms with E-state index in [-0.39, 0.29) is 24.8 Å². The van der Waals surface area contributed by atoms with E-state index in [9.17, 15) is 9.59 Å². The molecule has 1 aromatic heterocycles. The molecule has 0 saturated heterocycles. The van der Waals surface area contributed by atoms with Crippen molar-refractivity contribution < 1.29 is 9.59 Å². The lowest BCUT2D eigenvalue weighted by Crippen LogP contribution is -2.50. The van der Waals surface area contributed by atoms with E-state index in [0.29, 0.717) is 23.0 Å². The molecular formula is C30H27Cl2N3O2. The highest BCUT2D eigenvalue weighted by atomic mass is 35.5. The number of carbonyl (C=O) groups excluding carboxylic acids is 2. The molecule has 1 unspecified atom stereocenters. The molecule has 0 fully saturated rings. The van der Waals surface area contributed by atoms with E-state index in [2.05, 4.69) is 10.3 Å². The number of nitrogens with zero attached hydrogens (tertiary/aromatic N) is 2. The monoisotopic (exact) mass is 531 g/mol. The van der Waals surface area contributed by atoms with Crippen molar-refractivity contribution in [1.82, 2.24) is 15.2 Å². The Bertz CT molecular complexity index is 1300. The highest BCUT2D eigenvalue weighted by Crippen LogP contribution is 2.19. The Morgan fingerprint density at radius 2 is 1.32 bits per heavy atom. The van der Waals surface area contributed by atoms with Gasteiger partial charge in [-0.3, -0.25) is 14.6 Å². The van der Waals surface area contributed by atoms with Crippen molar-refractivity contribution in [2.24, 2.45) is 0 Å². The topological polar surface area (TPSA) is 62.3 Å². The molecule has 5 nitrogen and oxygen atoms in total. The zero-order valence-corrected chi connectivity index (χ0v) is 21.7. The Labute approximate surface area is 227 Å². The Kier molecular flexibility index (Phi) is 9.30. The first kappa shape index (κ1) is 26.4. The number of pyridine rings is 1. The summed E-state index contributed by atoms with van der Waals surface area (Å²) in [6, 6.07) is 27.2. The number of carbonyl (C=O) groups is 2. The van der Waals surface area contributed by atoms with Gasteiger partial charge in [-0.05, 0) is 58.7 Å². The Hall–Kier alpha value is -3.67. The first-order chi connectivity index (χ1) is 18.0. The zero-order chi connectivity index (χ0) is 26.0. The molecule has 0 radical (unpaired) electrons. The summed E-state index contributed by atoms with van der Waals surface area (Å²) in [5, 5.41) is 4.24. The predicted molar refractivity (Wildman–Crippen MR) is 147 cm³/mol. The highest BCUT2D eigenvalue weighted by Gasteiger charge is 2.30. The minimum absolute atomic E-state index is 0.147. The molecule has 0 aliphatic rings. The molecule has 0 saturated carbocycles. The van der Waals surface area contributed by atoms with Gasteiger partial charge >= 0.3 is 0 Å². The molecule has 1 N–H and O–H groups in total. The smallest absolute Gasteiger partial charge is 0.243 e. The predicted octanol–water partition coefficient (Wildman–Crippen LogP) is 5.89. The van der Waals surface area contributed by atoms with E-state index in [1.54, 1.807) is 41.6 Å². The van der Waals surface area contributed by atoms with Gasteiger partial charge in [-0.15, -0.1) is 0 Å². The molecule has 0 spiro atoms. The van der Waals surface area contributed by atoms with Gasteiger partial charge in [-0.2, -0.15) is 0 Å². The van der Waals surface area contributed by atoms with Gasteiger partial charge in [-0.25, -0.2) is 0 Å². The lowest BCUT2D eigenvalue weighted by Gasteiger charge is -2.32. The normalized spacial score (nSPS) is 11.5. The number of aromatic nitrogens is 1. The fourth-order valence-corrected chi connectivity index (χ4v) is 4.28. The van der Waals surface area contributed by atoms with Gasteiger partial charge in [0.1, 0.15) is 6.04 Å². The van der Waals surface area contributed by atoms with E-state index in [4.69, 9.17) is 23.2 Å². The van der Waals surface area contributed by atoms with Gasteiger partial charge in [0.2, 0.25) is 11.8 Å². The maximum Gasteiger partial charge on any atom is 0.243 e. The Morgan fingerprint density at radius 3 is 1.95 bits per heavy atom. The molecule has 0 bridgehead atoms. The summed E-state index contributed by atoms with van der Waals surface area (Å²) in [6.07, 6.45) is 3.90. The van der Waals surface area contributed by atoms with Gasteiger partial charge in [0.25, 0.3) is 0 Å². The number of amides is 2. The highest BCUT2D eigenvalue weighted by molar-refractivity contribution is 6.30. The largest absolute Gasteiger partial charge is 0.350 e. The molecule has 0 aliphatic carbocycles. The van der Waals surface area contributed by atoms with E-state index >= 15 is 0 Å². The van der Waals surface area contributed by atoms with Crippen molar-refractivity contribution in [1.29, 1.82) is 0 Å². The van der Waals surface area contributed by atoms with Crippen molar-refractivity contribution in [2.45, 2.75) is 32.0 Å². The number of benzene rings is 3. The minimum atomic E-state index is -0.722. The second-order valence-corrected chi connectivity index (χ2v) is 9.60. The van der Waals surface area contributed by atoms with Crippen LogP contribution in [0.1, 0.15) is 22.3 Å². The van der Waals surface area contributed by atoms with Gasteiger partial charge in [0.05, 0.1) is 6.42 Å². The van der Waals surface area contributed by atoms with Crippen LogP contribution in [0.2, 0.25) is 10.0 Å². The van der Waals surface area contributed by atoms with Crippen LogP contribution in [0, 0.1) is 0 Å². The van der Waals surface area contributed by atoms with Crippen molar-refractivity contribution >= 4 is 35.0 Å². The van der Waals surface area contributed by atoms with Gasteiger partial charge in [-0.1, -0.05) is 77.8 Å². The molecule has 4 aromatic rings. The number of nitrogens with one attached hydrogen (secondary N) is 1. The molecule has 1 heterocycles. The minimum Gasteiger partial charge on any atom is -0.350 e. The third-order valence-electron chi connectivity index (χ3n) is 6.02. The van der Waals surface area contributed by atoms with Crippen LogP contribution in [0.15, 0.2) is 103 Å². The maximum absolute atomic E-state index is 13.8. The van der Waals surface area contributed by atoms with Gasteiger partial charge in [0, 0.05) is 41.9 Å². The third-order valence-corrected chi connectivity index (χ3v) is 6.53. The molecular weight excluding hydrogens is 505 g/mol. The molecule has 1 atom stereocenters. The second-order valence-electron chi connectivity index (χ2n) is 8.73. The summed E-state index contributed by atoms with van der Waals surface area (Å²) < 4.78 is 0. The van der Waals surface area contributed by atoms with Crippen molar-refractivity contribution in [2.75, 3.05) is 0 Å². The summed E-state index contributed by atoms with van der Waals surface area (Å²) in [5.74, 6) is -0.378. The quantitative estimate of drug-likeness (QED) is 0.277. The number of halogens is 2. The van der Waals surface area contributed by atoms with Gasteiger partial charge < -0.3 is 10.2 Å². The lowest BCUT2D eigenvalue weighted by molar-refractivity contribution is -0.140. The van der Waals surface area contributed by atoms with Crippen LogP contribution in [-0.2, 0) is 35.5 Å². The first-order valence-corrected chi connectivity index (χ1v) is 12.7. The van der Waals surface area contributed by atoms with E-state index in [1.165, 1.54) is 0 Å². The molecule has 2 amide bonds. The van der Waals surface area contributed by atoms with Crippen molar-refractivity contribution in [3.8, 4) is 0 Å². The van der Waals surface area contributed by atoms with E-state index in [1.807, 2.05) is 66.7 Å². The molecule has 7 heteroatoms. The van der Waals surface area contributed by atoms with Crippen LogP contribution in [0.5, 0.6) is 0 Å². The molecule has 188 valence electrons. The molecule has 3 aromatic carbocycles. The SMILES string of the molecule is O=C(NCc1ccncc1)C(Cc1ccccc1)N(Cc1ccc(Cl)cc1)C(=O)Cc1ccc(Cl)cc1. The standard InChI is InChI=1S/C30H27Cl2N3O2/c31-26-10-6-23(7-11-26)19-29(36)35(21-25-8-12-27(32)13-9-25)28(18-22-4-2-1-3-5-22)30(37)34-20-24-14-16-33-17-15-24/h1-17,28H,18-21H2,(H,34,37). The molecule has 37 heavy (non-hydrogen) atoms. The number of hydrogen-bond acceptors (Lipinski definition) is 3. The van der Waals surface area contributed by atoms with Crippen LogP contribution in [-0.4, -0.2) is 27.7 Å². The van der Waals surface area contributed by atoms with Crippen molar-refractivity contribution in [3.05, 3.63) is 136 Å². The van der Waals surface area contributed by atoms with Crippen LogP contribution < -0.4 is 5.32 Å². The van der Waals surface area contributed by atoms with Crippen LogP contribution in [0.4, 0.5) is 0 Å². The second kappa shape index (κ2) is 13.0. The summed E-state index contributed by atoms with van der Waals surface area (Å²) in [5.41, 5.74) is 3.60. The van der Waals surface area contributed by atoms with Crippen molar-refractivity contribution in [3.63, 3.8) is 0 Å². The maximum atomic E-state index is 13.8. The zero-order valence-electron chi connectivity index (χ0n) is 20.2. The third kappa shape index (κ3) is 7.91. The van der Waals surface area contributed by atoms with E-state index < -0.39 is 6.04 Å². The fourth-order valence-electron chi connectivity index (χ4n) is 4.03. The van der Waals surface area contributed by atoms with Crippen LogP contribution in [0.25, 0.3) is 0 Å². The van der Waals surface area contributed by atoms with Crippen LogP contribution in [0.3, 0.4) is 0 Å². The lowest BCUT2D eigenvalue weighted by atomic mass is 10.0. The molecule has 4 rings (SSSR count). The fraction of sp³-hybridized carbons (Fsp3) is 0.167. The average Bonchev–Trinajstić information content (AvgIpc) is 2.92. The Morgan fingerprint density at radius 1 is 0.730 bits per heavy atom. The summed E-state index contributed by atoms with van der Waals surface area (Å²) in [6.45, 7) is 0.608. The van der Waals surface area contributed by atoms with E-state index in [0.717, 1.165) is 22.3 Å². The Balaban J connectivity index is 1.64. The first-order valence-electron chi connectivity index (χ1n) is 12.0. The van der Waals surface area contributed by atoms with Crippen LogP contribution >= 0.6 is 23.2 Å².